The highest BCUT2D eigenvalue weighted by atomic mass is 32.2. The molecule has 3 fully saturated rings. The minimum Gasteiger partial charge on any atom is -0.348 e. The number of carbonyl (C=O) groups excluding carboxylic acids is 1. The van der Waals surface area contributed by atoms with Crippen LogP contribution in [0.3, 0.4) is 0 Å². The number of carbonyl (C=O) groups is 1. The van der Waals surface area contributed by atoms with Crippen LogP contribution in [0.25, 0.3) is 0 Å². The summed E-state index contributed by atoms with van der Waals surface area (Å²) in [5.41, 5.74) is 0. The fourth-order valence-corrected chi connectivity index (χ4v) is 7.53. The third-order valence-corrected chi connectivity index (χ3v) is 8.97. The molecule has 1 aliphatic carbocycles. The van der Waals surface area contributed by atoms with Crippen LogP contribution < -0.4 is 0 Å². The maximum absolute atomic E-state index is 12.6. The van der Waals surface area contributed by atoms with Gasteiger partial charge < -0.3 is 4.90 Å². The molecule has 2 aliphatic heterocycles. The van der Waals surface area contributed by atoms with Gasteiger partial charge in [0.05, 0.1) is 29.3 Å². The third-order valence-electron chi connectivity index (χ3n) is 4.85. The quantitative estimate of drug-likeness (QED) is 0.592. The Labute approximate surface area is 137 Å². The zero-order valence-corrected chi connectivity index (χ0v) is 15.0. The molecule has 1 saturated carbocycles. The number of hydrogen-bond acceptors (Lipinski definition) is 6. The molecule has 0 aromatic carbocycles. The summed E-state index contributed by atoms with van der Waals surface area (Å²) in [6, 6.07) is -0.986. The van der Waals surface area contributed by atoms with Crippen LogP contribution in [0, 0.1) is 0 Å². The molecule has 3 aliphatic rings. The van der Waals surface area contributed by atoms with E-state index < -0.39 is 31.9 Å². The van der Waals surface area contributed by atoms with Gasteiger partial charge in [-0.15, -0.1) is 0 Å². The average molecular weight is 365 g/mol. The van der Waals surface area contributed by atoms with Gasteiger partial charge in [0.2, 0.25) is 15.9 Å². The van der Waals surface area contributed by atoms with Crippen LogP contribution in [0.2, 0.25) is 0 Å². The number of sulfonamides is 1. The van der Waals surface area contributed by atoms with Gasteiger partial charge in [-0.25, -0.2) is 16.8 Å². The molecule has 132 valence electrons. The second-order valence-electron chi connectivity index (χ2n) is 6.83. The Morgan fingerprint density at radius 3 is 2.30 bits per heavy atom. The molecular formula is C13H23N3O5S2. The van der Waals surface area contributed by atoms with Gasteiger partial charge in [-0.3, -0.25) is 9.69 Å². The summed E-state index contributed by atoms with van der Waals surface area (Å²) in [4.78, 5) is 15.3. The molecule has 23 heavy (non-hydrogen) atoms. The molecule has 2 atom stereocenters. The second-order valence-corrected chi connectivity index (χ2v) is 11.1. The molecule has 10 heteroatoms. The molecule has 1 amide bonds. The van der Waals surface area contributed by atoms with Crippen LogP contribution in [0.1, 0.15) is 12.8 Å². The summed E-state index contributed by atoms with van der Waals surface area (Å²) in [7, 11) is -3.40. The van der Waals surface area contributed by atoms with Crippen molar-refractivity contribution in [1.82, 2.24) is 14.1 Å². The largest absolute Gasteiger partial charge is 0.348 e. The van der Waals surface area contributed by atoms with E-state index in [1.54, 1.807) is 14.1 Å². The molecule has 0 aromatic rings. The van der Waals surface area contributed by atoms with E-state index >= 15 is 0 Å². The summed E-state index contributed by atoms with van der Waals surface area (Å²) in [6.07, 6.45) is 1.32. The maximum atomic E-state index is 12.6. The van der Waals surface area contributed by atoms with Crippen molar-refractivity contribution < 1.29 is 21.6 Å². The zero-order chi connectivity index (χ0) is 17.0. The topological polar surface area (TPSA) is 95.1 Å². The van der Waals surface area contributed by atoms with Gasteiger partial charge in [-0.2, -0.15) is 4.31 Å². The van der Waals surface area contributed by atoms with E-state index in [0.29, 0.717) is 19.4 Å². The molecule has 0 spiro atoms. The number of amides is 1. The molecule has 3 rings (SSSR count). The van der Waals surface area contributed by atoms with Crippen molar-refractivity contribution in [3.05, 3.63) is 0 Å². The number of sulfone groups is 1. The van der Waals surface area contributed by atoms with Gasteiger partial charge in [0.25, 0.3) is 0 Å². The van der Waals surface area contributed by atoms with Gasteiger partial charge in [-0.1, -0.05) is 0 Å². The monoisotopic (exact) mass is 365 g/mol. The highest BCUT2D eigenvalue weighted by molar-refractivity contribution is 7.92. The first kappa shape index (κ1) is 17.1. The molecule has 0 unspecified atom stereocenters. The van der Waals surface area contributed by atoms with Crippen LogP contribution >= 0.6 is 0 Å². The minimum atomic E-state index is -3.41. The number of likely N-dealkylation sites (N-methyl/N-ethyl adjacent to an activating group) is 1. The molecule has 2 heterocycles. The van der Waals surface area contributed by atoms with Crippen LogP contribution in [0.15, 0.2) is 0 Å². The molecule has 0 aromatic heterocycles. The molecule has 0 bridgehead atoms. The minimum absolute atomic E-state index is 0.0743. The Hall–Kier alpha value is -0.710. The molecule has 0 radical (unpaired) electrons. The third kappa shape index (κ3) is 3.26. The Kier molecular flexibility index (Phi) is 4.23. The van der Waals surface area contributed by atoms with Crippen molar-refractivity contribution in [1.29, 1.82) is 0 Å². The molecule has 2 saturated heterocycles. The first-order valence-corrected chi connectivity index (χ1v) is 11.1. The standard InChI is InChI=1S/C13H23N3O5S2/c1-14(2)13(17)7-15-5-6-16(23(20,21)10-3-4-10)12-9-22(18,19)8-11(12)15/h10-12H,3-9H2,1-2H3/t11-,12+/m1/s1. The van der Waals surface area contributed by atoms with Crippen LogP contribution in [-0.4, -0.2) is 99.4 Å². The highest BCUT2D eigenvalue weighted by Crippen LogP contribution is 2.36. The van der Waals surface area contributed by atoms with E-state index in [1.165, 1.54) is 9.21 Å². The summed E-state index contributed by atoms with van der Waals surface area (Å²) >= 11 is 0. The van der Waals surface area contributed by atoms with Crippen molar-refractivity contribution in [3.8, 4) is 0 Å². The summed E-state index contributed by atoms with van der Waals surface area (Å²) < 4.78 is 50.7. The summed E-state index contributed by atoms with van der Waals surface area (Å²) in [5, 5.41) is -0.346. The number of fused-ring (bicyclic) bond motifs is 1. The van der Waals surface area contributed by atoms with E-state index in [0.717, 1.165) is 0 Å². The van der Waals surface area contributed by atoms with E-state index in [4.69, 9.17) is 0 Å². The number of piperazine rings is 1. The van der Waals surface area contributed by atoms with Crippen molar-refractivity contribution in [3.63, 3.8) is 0 Å². The number of rotatable bonds is 4. The van der Waals surface area contributed by atoms with E-state index in [-0.39, 0.29) is 35.8 Å². The van der Waals surface area contributed by atoms with Crippen molar-refractivity contribution in [2.45, 2.75) is 30.2 Å². The lowest BCUT2D eigenvalue weighted by molar-refractivity contribution is -0.131. The zero-order valence-electron chi connectivity index (χ0n) is 13.4. The van der Waals surface area contributed by atoms with Crippen molar-refractivity contribution >= 4 is 25.8 Å². The second kappa shape index (κ2) is 5.68. The van der Waals surface area contributed by atoms with Crippen LogP contribution in [-0.2, 0) is 24.7 Å². The summed E-state index contributed by atoms with van der Waals surface area (Å²) in [5.74, 6) is -0.322. The Morgan fingerprint density at radius 2 is 1.74 bits per heavy atom. The molecule has 0 N–H and O–H groups in total. The van der Waals surface area contributed by atoms with Crippen molar-refractivity contribution in [2.75, 3.05) is 45.2 Å². The lowest BCUT2D eigenvalue weighted by Crippen LogP contribution is -2.62. The van der Waals surface area contributed by atoms with Crippen molar-refractivity contribution in [2.24, 2.45) is 0 Å². The van der Waals surface area contributed by atoms with Gasteiger partial charge in [-0.05, 0) is 12.8 Å². The van der Waals surface area contributed by atoms with Crippen LogP contribution in [0.5, 0.6) is 0 Å². The van der Waals surface area contributed by atoms with Gasteiger partial charge >= 0.3 is 0 Å². The highest BCUT2D eigenvalue weighted by Gasteiger charge is 2.53. The SMILES string of the molecule is CN(C)C(=O)CN1CCN(S(=O)(=O)C2CC2)[C@H]2CS(=O)(=O)C[C@H]21. The Morgan fingerprint density at radius 1 is 1.13 bits per heavy atom. The lowest BCUT2D eigenvalue weighted by Gasteiger charge is -2.43. The fourth-order valence-electron chi connectivity index (χ4n) is 3.38. The first-order valence-electron chi connectivity index (χ1n) is 7.77. The van der Waals surface area contributed by atoms with E-state index in [2.05, 4.69) is 0 Å². The van der Waals surface area contributed by atoms with Gasteiger partial charge in [0.1, 0.15) is 0 Å². The average Bonchev–Trinajstić information content (AvgIpc) is 3.22. The molecular weight excluding hydrogens is 342 g/mol. The fraction of sp³-hybridized carbons (Fsp3) is 0.923. The Bertz CT molecular complexity index is 699. The number of hydrogen-bond donors (Lipinski definition) is 0. The van der Waals surface area contributed by atoms with Gasteiger partial charge in [0, 0.05) is 33.2 Å². The predicted molar refractivity (Wildman–Crippen MR) is 85.1 cm³/mol. The lowest BCUT2D eigenvalue weighted by atomic mass is 10.1. The first-order chi connectivity index (χ1) is 10.6. The summed E-state index contributed by atoms with van der Waals surface area (Å²) in [6.45, 7) is 0.777. The predicted octanol–water partition coefficient (Wildman–Crippen LogP) is -1.65. The number of nitrogens with zero attached hydrogens (tertiary/aromatic N) is 3. The maximum Gasteiger partial charge on any atom is 0.236 e. The van der Waals surface area contributed by atoms with E-state index in [1.807, 2.05) is 4.90 Å². The smallest absolute Gasteiger partial charge is 0.236 e. The molecule has 8 nitrogen and oxygen atoms in total. The van der Waals surface area contributed by atoms with Crippen LogP contribution in [0.4, 0.5) is 0 Å². The normalized spacial score (nSPS) is 31.7. The Balaban J connectivity index is 1.84. The van der Waals surface area contributed by atoms with Gasteiger partial charge in [0.15, 0.2) is 9.84 Å². The van der Waals surface area contributed by atoms with E-state index in [9.17, 15) is 21.6 Å².